The molecule has 4 aromatic rings. The Hall–Kier alpha value is -3.53. The van der Waals surface area contributed by atoms with Gasteiger partial charge in [-0.25, -0.2) is 9.97 Å². The summed E-state index contributed by atoms with van der Waals surface area (Å²) < 4.78 is 46.8. The molecule has 10 heteroatoms. The normalized spacial score (nSPS) is 12.5. The first-order valence-electron chi connectivity index (χ1n) is 9.87. The smallest absolute Gasteiger partial charge is 0.451 e. The number of thioether (sulfide) groups is 1. The lowest BCUT2D eigenvalue weighted by molar-refractivity contribution is -0.274. The first kappa shape index (κ1) is 22.7. The molecule has 1 amide bonds. The number of benzene rings is 2. The van der Waals surface area contributed by atoms with Crippen molar-refractivity contribution in [2.45, 2.75) is 30.2 Å². The van der Waals surface area contributed by atoms with E-state index in [1.54, 1.807) is 31.5 Å². The average Bonchev–Trinajstić information content (AvgIpc) is 3.16. The minimum atomic E-state index is -4.76. The summed E-state index contributed by atoms with van der Waals surface area (Å²) in [6.45, 7) is 1.73. The maximum atomic E-state index is 13.1. The number of alkyl halides is 3. The lowest BCUT2D eigenvalue weighted by atomic mass is 10.1. The second-order valence-electron chi connectivity index (χ2n) is 7.04. The van der Waals surface area contributed by atoms with Crippen LogP contribution >= 0.6 is 11.8 Å². The van der Waals surface area contributed by atoms with Gasteiger partial charge in [-0.05, 0) is 36.8 Å². The number of para-hydroxylation sites is 1. The number of nitrogens with one attached hydrogen (secondary N) is 1. The molecule has 33 heavy (non-hydrogen) atoms. The fourth-order valence-corrected chi connectivity index (χ4v) is 4.06. The van der Waals surface area contributed by atoms with Crippen LogP contribution < -0.4 is 10.1 Å². The SMILES string of the molecule is CC(NC(=O)c1oc2ccccc2c1CSc1ncccn1)c1ccc(OC(F)(F)F)cc1. The number of hydrogen-bond acceptors (Lipinski definition) is 6. The summed E-state index contributed by atoms with van der Waals surface area (Å²) in [6, 6.07) is 13.9. The highest BCUT2D eigenvalue weighted by Crippen LogP contribution is 2.31. The standard InChI is InChI=1S/C23H18F3N3O3S/c1-14(15-7-9-16(10-8-15)32-23(24,25)26)29-21(30)20-18(13-33-22-27-11-4-12-28-22)17-5-2-3-6-19(17)31-20/h2-12,14H,13H2,1H3,(H,29,30). The van der Waals surface area contributed by atoms with Gasteiger partial charge in [0.15, 0.2) is 10.9 Å². The highest BCUT2D eigenvalue weighted by atomic mass is 32.2. The lowest BCUT2D eigenvalue weighted by Crippen LogP contribution is -2.27. The molecule has 0 radical (unpaired) electrons. The zero-order valence-electron chi connectivity index (χ0n) is 17.3. The van der Waals surface area contributed by atoms with Crippen LogP contribution in [0.4, 0.5) is 13.2 Å². The number of ether oxygens (including phenoxy) is 1. The molecule has 6 nitrogen and oxygen atoms in total. The highest BCUT2D eigenvalue weighted by Gasteiger charge is 2.31. The Balaban J connectivity index is 1.52. The van der Waals surface area contributed by atoms with E-state index in [-0.39, 0.29) is 11.5 Å². The Labute approximate surface area is 191 Å². The molecule has 1 unspecified atom stereocenters. The van der Waals surface area contributed by atoms with Crippen molar-refractivity contribution >= 4 is 28.6 Å². The van der Waals surface area contributed by atoms with E-state index >= 15 is 0 Å². The third kappa shape index (κ3) is 5.64. The van der Waals surface area contributed by atoms with Crippen LogP contribution in [0.15, 0.2) is 76.6 Å². The van der Waals surface area contributed by atoms with Gasteiger partial charge in [0, 0.05) is 29.1 Å². The van der Waals surface area contributed by atoms with Crippen molar-refractivity contribution in [2.24, 2.45) is 0 Å². The van der Waals surface area contributed by atoms with E-state index < -0.39 is 18.3 Å². The maximum Gasteiger partial charge on any atom is 0.573 e. The van der Waals surface area contributed by atoms with Crippen molar-refractivity contribution in [2.75, 3.05) is 0 Å². The van der Waals surface area contributed by atoms with Gasteiger partial charge in [0.1, 0.15) is 11.3 Å². The topological polar surface area (TPSA) is 77.3 Å². The van der Waals surface area contributed by atoms with E-state index in [0.29, 0.717) is 27.6 Å². The summed E-state index contributed by atoms with van der Waals surface area (Å²) in [5, 5.41) is 4.23. The number of halogens is 3. The molecule has 2 heterocycles. The van der Waals surface area contributed by atoms with E-state index in [0.717, 1.165) is 5.39 Å². The number of furan rings is 1. The Morgan fingerprint density at radius 1 is 1.09 bits per heavy atom. The largest absolute Gasteiger partial charge is 0.573 e. The molecule has 4 rings (SSSR count). The van der Waals surface area contributed by atoms with Crippen LogP contribution in [-0.4, -0.2) is 22.2 Å². The maximum absolute atomic E-state index is 13.1. The fraction of sp³-hybridized carbons (Fsp3) is 0.174. The third-order valence-electron chi connectivity index (χ3n) is 4.75. The quantitative estimate of drug-likeness (QED) is 0.266. The lowest BCUT2D eigenvalue weighted by Gasteiger charge is -2.15. The Morgan fingerprint density at radius 2 is 1.79 bits per heavy atom. The molecule has 2 aromatic heterocycles. The second kappa shape index (κ2) is 9.53. The second-order valence-corrected chi connectivity index (χ2v) is 7.98. The molecule has 170 valence electrons. The summed E-state index contributed by atoms with van der Waals surface area (Å²) >= 11 is 1.38. The molecule has 0 fully saturated rings. The van der Waals surface area contributed by atoms with Gasteiger partial charge in [0.25, 0.3) is 5.91 Å². The van der Waals surface area contributed by atoms with Crippen molar-refractivity contribution in [1.82, 2.24) is 15.3 Å². The Bertz CT molecular complexity index is 1240. The molecule has 1 atom stereocenters. The van der Waals surface area contributed by atoms with Crippen molar-refractivity contribution in [3.05, 3.63) is 83.9 Å². The summed E-state index contributed by atoms with van der Waals surface area (Å²) in [5.74, 6) is -0.173. The number of fused-ring (bicyclic) bond motifs is 1. The first-order chi connectivity index (χ1) is 15.8. The summed E-state index contributed by atoms with van der Waals surface area (Å²) in [4.78, 5) is 21.4. The zero-order valence-corrected chi connectivity index (χ0v) is 18.1. The van der Waals surface area contributed by atoms with Crippen LogP contribution in [0.2, 0.25) is 0 Å². The molecule has 0 aliphatic heterocycles. The van der Waals surface area contributed by atoms with Gasteiger partial charge < -0.3 is 14.5 Å². The van der Waals surface area contributed by atoms with Crippen molar-refractivity contribution in [3.8, 4) is 5.75 Å². The number of amides is 1. The number of carbonyl (C=O) groups is 1. The van der Waals surface area contributed by atoms with E-state index in [2.05, 4.69) is 20.0 Å². The molecule has 0 bridgehead atoms. The number of carbonyl (C=O) groups excluding carboxylic acids is 1. The molecule has 0 saturated heterocycles. The minimum Gasteiger partial charge on any atom is -0.451 e. The van der Waals surface area contributed by atoms with Gasteiger partial charge in [0.05, 0.1) is 6.04 Å². The minimum absolute atomic E-state index is 0.170. The van der Waals surface area contributed by atoms with E-state index in [1.807, 2.05) is 18.2 Å². The van der Waals surface area contributed by atoms with Gasteiger partial charge in [-0.15, -0.1) is 13.2 Å². The summed E-state index contributed by atoms with van der Waals surface area (Å²) in [7, 11) is 0. The van der Waals surface area contributed by atoms with Crippen molar-refractivity contribution < 1.29 is 27.1 Å². The number of aromatic nitrogens is 2. The third-order valence-corrected chi connectivity index (χ3v) is 5.66. The summed E-state index contributed by atoms with van der Waals surface area (Å²) in [5.41, 5.74) is 1.90. The van der Waals surface area contributed by atoms with Gasteiger partial charge in [-0.1, -0.05) is 42.1 Å². The predicted molar refractivity (Wildman–Crippen MR) is 117 cm³/mol. The van der Waals surface area contributed by atoms with Crippen molar-refractivity contribution in [1.29, 1.82) is 0 Å². The van der Waals surface area contributed by atoms with E-state index in [1.165, 1.54) is 36.0 Å². The van der Waals surface area contributed by atoms with Gasteiger partial charge in [-0.2, -0.15) is 0 Å². The number of nitrogens with zero attached hydrogens (tertiary/aromatic N) is 2. The monoisotopic (exact) mass is 473 g/mol. The number of rotatable bonds is 7. The first-order valence-corrected chi connectivity index (χ1v) is 10.9. The number of hydrogen-bond donors (Lipinski definition) is 1. The predicted octanol–water partition coefficient (Wildman–Crippen LogP) is 5.90. The van der Waals surface area contributed by atoms with E-state index in [4.69, 9.17) is 4.42 Å². The molecular weight excluding hydrogens is 455 g/mol. The van der Waals surface area contributed by atoms with Crippen molar-refractivity contribution in [3.63, 3.8) is 0 Å². The molecule has 0 saturated carbocycles. The zero-order chi connectivity index (χ0) is 23.4. The van der Waals surface area contributed by atoms with Crippen LogP contribution in [0.5, 0.6) is 5.75 Å². The Kier molecular flexibility index (Phi) is 6.55. The van der Waals surface area contributed by atoms with Crippen LogP contribution in [-0.2, 0) is 5.75 Å². The summed E-state index contributed by atoms with van der Waals surface area (Å²) in [6.07, 6.45) is -1.48. The molecule has 0 spiro atoms. The van der Waals surface area contributed by atoms with Gasteiger partial charge in [-0.3, -0.25) is 4.79 Å². The average molecular weight is 473 g/mol. The van der Waals surface area contributed by atoms with E-state index in [9.17, 15) is 18.0 Å². The molecule has 0 aliphatic rings. The highest BCUT2D eigenvalue weighted by molar-refractivity contribution is 7.98. The molecule has 0 aliphatic carbocycles. The Morgan fingerprint density at radius 3 is 2.48 bits per heavy atom. The van der Waals surface area contributed by atoms with Crippen LogP contribution in [0.3, 0.4) is 0 Å². The van der Waals surface area contributed by atoms with Crippen LogP contribution in [0.25, 0.3) is 11.0 Å². The van der Waals surface area contributed by atoms with Crippen LogP contribution in [0.1, 0.15) is 34.6 Å². The fourth-order valence-electron chi connectivity index (χ4n) is 3.23. The molecule has 1 N–H and O–H groups in total. The molecular formula is C23H18F3N3O3S. The molecule has 2 aromatic carbocycles. The van der Waals surface area contributed by atoms with Gasteiger partial charge >= 0.3 is 6.36 Å². The van der Waals surface area contributed by atoms with Crippen LogP contribution in [0, 0.1) is 0 Å². The van der Waals surface area contributed by atoms with Gasteiger partial charge in [0.2, 0.25) is 0 Å².